The molecule has 2 heteroatoms. The number of aliphatic hydroxyl groups excluding tert-OH is 1. The quantitative estimate of drug-likeness (QED) is 0.869. The SMILES string of the molecule is CC(C)C(C1CCCCCN1)C(O)c1ccccc1. The van der Waals surface area contributed by atoms with E-state index >= 15 is 0 Å². The van der Waals surface area contributed by atoms with E-state index in [4.69, 9.17) is 0 Å². The summed E-state index contributed by atoms with van der Waals surface area (Å²) in [7, 11) is 0. The van der Waals surface area contributed by atoms with E-state index in [0.29, 0.717) is 17.9 Å². The van der Waals surface area contributed by atoms with Gasteiger partial charge in [-0.1, -0.05) is 57.0 Å². The van der Waals surface area contributed by atoms with Gasteiger partial charge in [-0.3, -0.25) is 0 Å². The molecule has 0 aliphatic carbocycles. The van der Waals surface area contributed by atoms with Crippen molar-refractivity contribution in [1.82, 2.24) is 5.32 Å². The van der Waals surface area contributed by atoms with Crippen LogP contribution in [0.15, 0.2) is 30.3 Å². The molecule has 0 bridgehead atoms. The molecule has 1 aromatic rings. The van der Waals surface area contributed by atoms with Crippen molar-refractivity contribution in [2.75, 3.05) is 6.54 Å². The molecule has 106 valence electrons. The molecule has 2 rings (SSSR count). The molecule has 1 heterocycles. The van der Waals surface area contributed by atoms with Crippen molar-refractivity contribution in [3.05, 3.63) is 35.9 Å². The van der Waals surface area contributed by atoms with Crippen LogP contribution >= 0.6 is 0 Å². The van der Waals surface area contributed by atoms with Crippen LogP contribution in [0.2, 0.25) is 0 Å². The first kappa shape index (κ1) is 14.5. The van der Waals surface area contributed by atoms with E-state index in [1.54, 1.807) is 0 Å². The number of hydrogen-bond acceptors (Lipinski definition) is 2. The highest BCUT2D eigenvalue weighted by Crippen LogP contribution is 2.33. The van der Waals surface area contributed by atoms with Gasteiger partial charge in [-0.2, -0.15) is 0 Å². The second kappa shape index (κ2) is 7.06. The Morgan fingerprint density at radius 2 is 1.84 bits per heavy atom. The van der Waals surface area contributed by atoms with E-state index in [1.165, 1.54) is 25.7 Å². The van der Waals surface area contributed by atoms with Gasteiger partial charge in [0.25, 0.3) is 0 Å². The minimum absolute atomic E-state index is 0.292. The van der Waals surface area contributed by atoms with Crippen molar-refractivity contribution in [3.8, 4) is 0 Å². The first-order chi connectivity index (χ1) is 9.20. The Bertz CT molecular complexity index is 355. The Balaban J connectivity index is 2.14. The summed E-state index contributed by atoms with van der Waals surface area (Å²) in [5.74, 6) is 0.770. The minimum atomic E-state index is -0.364. The molecule has 1 saturated heterocycles. The monoisotopic (exact) mass is 261 g/mol. The predicted octanol–water partition coefficient (Wildman–Crippen LogP) is 3.52. The Morgan fingerprint density at radius 3 is 2.53 bits per heavy atom. The Labute approximate surface area is 117 Å². The van der Waals surface area contributed by atoms with Crippen molar-refractivity contribution in [2.24, 2.45) is 11.8 Å². The molecule has 0 saturated carbocycles. The van der Waals surface area contributed by atoms with Gasteiger partial charge >= 0.3 is 0 Å². The number of rotatable bonds is 4. The molecule has 0 radical (unpaired) electrons. The van der Waals surface area contributed by atoms with E-state index in [9.17, 15) is 5.11 Å². The summed E-state index contributed by atoms with van der Waals surface area (Å²) in [6.07, 6.45) is 4.69. The highest BCUT2D eigenvalue weighted by atomic mass is 16.3. The van der Waals surface area contributed by atoms with Crippen LogP contribution in [-0.4, -0.2) is 17.7 Å². The first-order valence-corrected chi connectivity index (χ1v) is 7.66. The molecule has 0 aromatic heterocycles. The maximum atomic E-state index is 10.8. The maximum Gasteiger partial charge on any atom is 0.0835 e. The van der Waals surface area contributed by atoms with Crippen molar-refractivity contribution in [3.63, 3.8) is 0 Å². The summed E-state index contributed by atoms with van der Waals surface area (Å²) in [6.45, 7) is 5.54. The largest absolute Gasteiger partial charge is 0.388 e. The fourth-order valence-electron chi connectivity index (χ4n) is 3.31. The zero-order chi connectivity index (χ0) is 13.7. The van der Waals surface area contributed by atoms with Gasteiger partial charge in [0.15, 0.2) is 0 Å². The fraction of sp³-hybridized carbons (Fsp3) is 0.647. The molecule has 1 aromatic carbocycles. The maximum absolute atomic E-state index is 10.8. The third kappa shape index (κ3) is 3.80. The summed E-state index contributed by atoms with van der Waals surface area (Å²) in [5, 5.41) is 14.4. The van der Waals surface area contributed by atoms with Gasteiger partial charge in [0, 0.05) is 12.0 Å². The third-order valence-electron chi connectivity index (χ3n) is 4.34. The van der Waals surface area contributed by atoms with Crippen LogP contribution in [-0.2, 0) is 0 Å². The molecular weight excluding hydrogens is 234 g/mol. The van der Waals surface area contributed by atoms with Crippen molar-refractivity contribution in [2.45, 2.75) is 51.7 Å². The van der Waals surface area contributed by atoms with E-state index in [1.807, 2.05) is 30.3 Å². The van der Waals surface area contributed by atoms with Gasteiger partial charge in [0.05, 0.1) is 6.10 Å². The Hall–Kier alpha value is -0.860. The van der Waals surface area contributed by atoms with E-state index < -0.39 is 0 Å². The Kier molecular flexibility index (Phi) is 5.41. The molecule has 3 unspecified atom stereocenters. The molecule has 3 atom stereocenters. The summed E-state index contributed by atoms with van der Waals surface area (Å²) < 4.78 is 0. The number of benzene rings is 1. The molecule has 19 heavy (non-hydrogen) atoms. The second-order valence-corrected chi connectivity index (χ2v) is 6.09. The lowest BCUT2D eigenvalue weighted by Crippen LogP contribution is -2.41. The lowest BCUT2D eigenvalue weighted by atomic mass is 9.79. The van der Waals surface area contributed by atoms with Crippen LogP contribution in [0.5, 0.6) is 0 Å². The van der Waals surface area contributed by atoms with E-state index in [0.717, 1.165) is 12.1 Å². The molecule has 1 fully saturated rings. The number of aliphatic hydroxyl groups is 1. The summed E-state index contributed by atoms with van der Waals surface area (Å²) in [4.78, 5) is 0. The molecule has 0 spiro atoms. The predicted molar refractivity (Wildman–Crippen MR) is 80.0 cm³/mol. The van der Waals surface area contributed by atoms with Crippen LogP contribution in [0.1, 0.15) is 51.2 Å². The molecule has 0 amide bonds. The zero-order valence-electron chi connectivity index (χ0n) is 12.2. The van der Waals surface area contributed by atoms with Gasteiger partial charge in [0.1, 0.15) is 0 Å². The van der Waals surface area contributed by atoms with Gasteiger partial charge in [0.2, 0.25) is 0 Å². The summed E-state index contributed by atoms with van der Waals surface area (Å²) in [6, 6.07) is 10.5. The first-order valence-electron chi connectivity index (χ1n) is 7.66. The summed E-state index contributed by atoms with van der Waals surface area (Å²) in [5.41, 5.74) is 1.05. The van der Waals surface area contributed by atoms with Gasteiger partial charge in [-0.15, -0.1) is 0 Å². The zero-order valence-corrected chi connectivity index (χ0v) is 12.2. The van der Waals surface area contributed by atoms with Gasteiger partial charge in [-0.05, 0) is 30.9 Å². The van der Waals surface area contributed by atoms with Crippen LogP contribution < -0.4 is 5.32 Å². The van der Waals surface area contributed by atoms with Gasteiger partial charge < -0.3 is 10.4 Å². The Morgan fingerprint density at radius 1 is 1.11 bits per heavy atom. The topological polar surface area (TPSA) is 32.3 Å². The lowest BCUT2D eigenvalue weighted by Gasteiger charge is -2.34. The highest BCUT2D eigenvalue weighted by molar-refractivity contribution is 5.18. The smallest absolute Gasteiger partial charge is 0.0835 e. The van der Waals surface area contributed by atoms with Crippen molar-refractivity contribution < 1.29 is 5.11 Å². The van der Waals surface area contributed by atoms with E-state index in [2.05, 4.69) is 19.2 Å². The fourth-order valence-corrected chi connectivity index (χ4v) is 3.31. The number of nitrogens with one attached hydrogen (secondary N) is 1. The normalized spacial score (nSPS) is 23.9. The molecule has 2 nitrogen and oxygen atoms in total. The standard InChI is InChI=1S/C17H27NO/c1-13(2)16(15-11-7-4-8-12-18-15)17(19)14-9-5-3-6-10-14/h3,5-6,9-10,13,15-19H,4,7-8,11-12H2,1-2H3. The summed E-state index contributed by atoms with van der Waals surface area (Å²) >= 11 is 0. The molecule has 1 aliphatic heterocycles. The van der Waals surface area contributed by atoms with Crippen LogP contribution in [0.4, 0.5) is 0 Å². The van der Waals surface area contributed by atoms with Crippen molar-refractivity contribution in [1.29, 1.82) is 0 Å². The van der Waals surface area contributed by atoms with Crippen LogP contribution in [0.3, 0.4) is 0 Å². The van der Waals surface area contributed by atoms with Gasteiger partial charge in [-0.25, -0.2) is 0 Å². The minimum Gasteiger partial charge on any atom is -0.388 e. The van der Waals surface area contributed by atoms with Crippen LogP contribution in [0, 0.1) is 11.8 Å². The average Bonchev–Trinajstić information content (AvgIpc) is 2.68. The number of hydrogen-bond donors (Lipinski definition) is 2. The second-order valence-electron chi connectivity index (χ2n) is 6.09. The van der Waals surface area contributed by atoms with Crippen molar-refractivity contribution >= 4 is 0 Å². The molecule has 1 aliphatic rings. The third-order valence-corrected chi connectivity index (χ3v) is 4.34. The molecule has 2 N–H and O–H groups in total. The van der Waals surface area contributed by atoms with Crippen LogP contribution in [0.25, 0.3) is 0 Å². The lowest BCUT2D eigenvalue weighted by molar-refractivity contribution is 0.0543. The highest BCUT2D eigenvalue weighted by Gasteiger charge is 2.31. The van der Waals surface area contributed by atoms with E-state index in [-0.39, 0.29) is 6.10 Å². The molecular formula is C17H27NO. The average molecular weight is 261 g/mol.